The molecule has 0 radical (unpaired) electrons. The van der Waals surface area contributed by atoms with Gasteiger partial charge in [-0.25, -0.2) is 9.97 Å². The Balaban J connectivity index is 2.29. The minimum Gasteiger partial charge on any atom is -0.388 e. The van der Waals surface area contributed by atoms with Gasteiger partial charge in [-0.15, -0.1) is 22.7 Å². The van der Waals surface area contributed by atoms with Crippen LogP contribution in [0.15, 0.2) is 22.9 Å². The van der Waals surface area contributed by atoms with Crippen LogP contribution >= 0.6 is 22.7 Å². The van der Waals surface area contributed by atoms with Crippen LogP contribution in [-0.4, -0.2) is 15.1 Å². The molecular formula is C11H9N3OS2. The number of hydrogen-bond acceptors (Lipinski definition) is 6. The Morgan fingerprint density at radius 1 is 1.29 bits per heavy atom. The van der Waals surface area contributed by atoms with Crippen LogP contribution < -0.4 is 5.73 Å². The van der Waals surface area contributed by atoms with Crippen LogP contribution in [0.1, 0.15) is 5.82 Å². The van der Waals surface area contributed by atoms with Gasteiger partial charge in [0, 0.05) is 15.8 Å². The van der Waals surface area contributed by atoms with E-state index in [0.29, 0.717) is 11.6 Å². The third kappa shape index (κ3) is 1.70. The molecule has 0 fully saturated rings. The van der Waals surface area contributed by atoms with E-state index in [-0.39, 0.29) is 6.61 Å². The number of aliphatic hydroxyl groups is 1. The second-order valence-corrected chi connectivity index (χ2v) is 5.30. The fraction of sp³-hybridized carbons (Fsp3) is 0.0909. The lowest BCUT2D eigenvalue weighted by atomic mass is 10.2. The van der Waals surface area contributed by atoms with Crippen molar-refractivity contribution >= 4 is 38.7 Å². The molecule has 86 valence electrons. The Kier molecular flexibility index (Phi) is 2.54. The first-order valence-corrected chi connectivity index (χ1v) is 6.74. The lowest BCUT2D eigenvalue weighted by molar-refractivity contribution is 0.272. The van der Waals surface area contributed by atoms with E-state index in [2.05, 4.69) is 9.97 Å². The molecule has 3 N–H and O–H groups in total. The van der Waals surface area contributed by atoms with Crippen molar-refractivity contribution in [2.45, 2.75) is 6.61 Å². The predicted molar refractivity (Wildman–Crippen MR) is 71.1 cm³/mol. The number of nitrogen functional groups attached to an aromatic ring is 1. The largest absolute Gasteiger partial charge is 0.388 e. The van der Waals surface area contributed by atoms with Crippen molar-refractivity contribution in [3.8, 4) is 10.4 Å². The fourth-order valence-corrected chi connectivity index (χ4v) is 3.49. The third-order valence-electron chi connectivity index (χ3n) is 2.44. The van der Waals surface area contributed by atoms with Gasteiger partial charge in [-0.1, -0.05) is 6.07 Å². The summed E-state index contributed by atoms with van der Waals surface area (Å²) in [6.07, 6.45) is 0. The molecule has 0 saturated heterocycles. The summed E-state index contributed by atoms with van der Waals surface area (Å²) in [4.78, 5) is 10.3. The molecule has 3 rings (SSSR count). The number of aromatic nitrogens is 2. The van der Waals surface area contributed by atoms with Crippen LogP contribution in [0.3, 0.4) is 0 Å². The molecule has 3 heterocycles. The summed E-state index contributed by atoms with van der Waals surface area (Å²) in [5.41, 5.74) is 7.00. The maximum atomic E-state index is 9.04. The summed E-state index contributed by atoms with van der Waals surface area (Å²) in [6.45, 7) is -0.188. The molecule has 0 atom stereocenters. The standard InChI is InChI=1S/C11H9N3OS2/c12-10-9-6(7-2-1-3-16-7)5-17-11(9)14-8(4-15)13-10/h1-3,5,15H,4H2,(H2,12,13,14). The number of thiophene rings is 2. The van der Waals surface area contributed by atoms with Crippen molar-refractivity contribution in [1.82, 2.24) is 9.97 Å². The number of aliphatic hydroxyl groups excluding tert-OH is 1. The zero-order valence-corrected chi connectivity index (χ0v) is 10.4. The van der Waals surface area contributed by atoms with E-state index in [9.17, 15) is 0 Å². The number of rotatable bonds is 2. The van der Waals surface area contributed by atoms with E-state index in [1.54, 1.807) is 11.3 Å². The van der Waals surface area contributed by atoms with E-state index >= 15 is 0 Å². The normalized spacial score (nSPS) is 11.1. The first kappa shape index (κ1) is 10.6. The fourth-order valence-electron chi connectivity index (χ4n) is 1.70. The van der Waals surface area contributed by atoms with Crippen molar-refractivity contribution in [2.75, 3.05) is 5.73 Å². The molecular weight excluding hydrogens is 254 g/mol. The maximum Gasteiger partial charge on any atom is 0.157 e. The maximum absolute atomic E-state index is 9.04. The number of hydrogen-bond donors (Lipinski definition) is 2. The highest BCUT2D eigenvalue weighted by atomic mass is 32.1. The molecule has 0 amide bonds. The van der Waals surface area contributed by atoms with Crippen molar-refractivity contribution in [1.29, 1.82) is 0 Å². The van der Waals surface area contributed by atoms with Crippen molar-refractivity contribution in [3.05, 3.63) is 28.7 Å². The van der Waals surface area contributed by atoms with Crippen molar-refractivity contribution < 1.29 is 5.11 Å². The van der Waals surface area contributed by atoms with Gasteiger partial charge in [0.25, 0.3) is 0 Å². The molecule has 0 bridgehead atoms. The number of anilines is 1. The topological polar surface area (TPSA) is 72.0 Å². The number of nitrogens with two attached hydrogens (primary N) is 1. The summed E-state index contributed by atoms with van der Waals surface area (Å²) in [7, 11) is 0. The predicted octanol–water partition coefficient (Wildman–Crippen LogP) is 2.49. The van der Waals surface area contributed by atoms with Gasteiger partial charge in [0.2, 0.25) is 0 Å². The summed E-state index contributed by atoms with van der Waals surface area (Å²) in [5, 5.41) is 14.0. The van der Waals surface area contributed by atoms with E-state index < -0.39 is 0 Å². The van der Waals surface area contributed by atoms with Gasteiger partial charge in [-0.2, -0.15) is 0 Å². The lowest BCUT2D eigenvalue weighted by Crippen LogP contribution is -1.99. The third-order valence-corrected chi connectivity index (χ3v) is 4.21. The number of fused-ring (bicyclic) bond motifs is 1. The van der Waals surface area contributed by atoms with E-state index in [1.807, 2.05) is 22.9 Å². The van der Waals surface area contributed by atoms with Crippen molar-refractivity contribution in [3.63, 3.8) is 0 Å². The monoisotopic (exact) mass is 263 g/mol. The molecule has 0 aromatic carbocycles. The van der Waals surface area contributed by atoms with E-state index in [0.717, 1.165) is 20.7 Å². The molecule has 0 spiro atoms. The van der Waals surface area contributed by atoms with Crippen LogP contribution in [0.25, 0.3) is 20.7 Å². The molecule has 0 saturated carbocycles. The molecule has 0 aliphatic rings. The van der Waals surface area contributed by atoms with Crippen LogP contribution in [-0.2, 0) is 6.61 Å². The highest BCUT2D eigenvalue weighted by molar-refractivity contribution is 7.18. The zero-order chi connectivity index (χ0) is 11.8. The molecule has 0 unspecified atom stereocenters. The van der Waals surface area contributed by atoms with Gasteiger partial charge in [-0.05, 0) is 11.4 Å². The quantitative estimate of drug-likeness (QED) is 0.745. The van der Waals surface area contributed by atoms with Gasteiger partial charge in [0.15, 0.2) is 5.82 Å². The van der Waals surface area contributed by atoms with Crippen molar-refractivity contribution in [2.24, 2.45) is 0 Å². The van der Waals surface area contributed by atoms with Gasteiger partial charge in [-0.3, -0.25) is 0 Å². The molecule has 6 heteroatoms. The molecule has 3 aromatic heterocycles. The first-order valence-electron chi connectivity index (χ1n) is 4.98. The highest BCUT2D eigenvalue weighted by Crippen LogP contribution is 2.37. The molecule has 4 nitrogen and oxygen atoms in total. The summed E-state index contributed by atoms with van der Waals surface area (Å²) >= 11 is 3.18. The van der Waals surface area contributed by atoms with Crippen LogP contribution in [0.4, 0.5) is 5.82 Å². The van der Waals surface area contributed by atoms with Gasteiger partial charge >= 0.3 is 0 Å². The summed E-state index contributed by atoms with van der Waals surface area (Å²) in [5.74, 6) is 0.804. The Morgan fingerprint density at radius 2 is 2.18 bits per heavy atom. The lowest BCUT2D eigenvalue weighted by Gasteiger charge is -2.01. The van der Waals surface area contributed by atoms with Gasteiger partial charge in [0.1, 0.15) is 17.3 Å². The van der Waals surface area contributed by atoms with E-state index in [1.165, 1.54) is 11.3 Å². The van der Waals surface area contributed by atoms with Crippen LogP contribution in [0.2, 0.25) is 0 Å². The molecule has 3 aromatic rings. The van der Waals surface area contributed by atoms with Gasteiger partial charge < -0.3 is 10.8 Å². The molecule has 17 heavy (non-hydrogen) atoms. The average molecular weight is 263 g/mol. The van der Waals surface area contributed by atoms with E-state index in [4.69, 9.17) is 10.8 Å². The highest BCUT2D eigenvalue weighted by Gasteiger charge is 2.13. The van der Waals surface area contributed by atoms with Crippen LogP contribution in [0, 0.1) is 0 Å². The molecule has 0 aliphatic heterocycles. The second-order valence-electron chi connectivity index (χ2n) is 3.49. The minimum atomic E-state index is -0.188. The summed E-state index contributed by atoms with van der Waals surface area (Å²) < 4.78 is 0. The Morgan fingerprint density at radius 3 is 2.88 bits per heavy atom. The minimum absolute atomic E-state index is 0.188. The SMILES string of the molecule is Nc1nc(CO)nc2scc(-c3cccs3)c12. The number of nitrogens with zero attached hydrogens (tertiary/aromatic N) is 2. The Hall–Kier alpha value is -1.50. The average Bonchev–Trinajstić information content (AvgIpc) is 2.96. The second kappa shape index (κ2) is 4.06. The van der Waals surface area contributed by atoms with Crippen LogP contribution in [0.5, 0.6) is 0 Å². The molecule has 0 aliphatic carbocycles. The zero-order valence-electron chi connectivity index (χ0n) is 8.75. The summed E-state index contributed by atoms with van der Waals surface area (Å²) in [6, 6.07) is 4.05. The van der Waals surface area contributed by atoms with Gasteiger partial charge in [0.05, 0.1) is 5.39 Å². The smallest absolute Gasteiger partial charge is 0.157 e. The Labute approximate surface area is 105 Å². The first-order chi connectivity index (χ1) is 8.29. The Bertz CT molecular complexity index is 661.